The molecule has 3 rings (SSSR count). The highest BCUT2D eigenvalue weighted by molar-refractivity contribution is 5.46. The summed E-state index contributed by atoms with van der Waals surface area (Å²) in [7, 11) is 0. The highest BCUT2D eigenvalue weighted by atomic mass is 14.3. The van der Waals surface area contributed by atoms with Crippen LogP contribution < -0.4 is 0 Å². The molecule has 0 heteroatoms. The predicted octanol–water partition coefficient (Wildman–Crippen LogP) is 8.39. The summed E-state index contributed by atoms with van der Waals surface area (Å²) in [5, 5.41) is 0. The monoisotopic (exact) mass is 412 g/mol. The molecule has 1 atom stereocenters. The summed E-state index contributed by atoms with van der Waals surface area (Å²) < 4.78 is 0. The number of benzene rings is 3. The molecule has 0 aliphatic carbocycles. The molecule has 1 unspecified atom stereocenters. The van der Waals surface area contributed by atoms with Gasteiger partial charge in [-0.25, -0.2) is 0 Å². The van der Waals surface area contributed by atoms with E-state index >= 15 is 0 Å². The van der Waals surface area contributed by atoms with E-state index in [0.717, 1.165) is 12.8 Å². The minimum absolute atomic E-state index is 0.0808. The molecule has 31 heavy (non-hydrogen) atoms. The van der Waals surface area contributed by atoms with E-state index in [1.807, 2.05) is 0 Å². The van der Waals surface area contributed by atoms with Crippen molar-refractivity contribution in [3.63, 3.8) is 0 Å². The van der Waals surface area contributed by atoms with E-state index in [9.17, 15) is 0 Å². The van der Waals surface area contributed by atoms with Crippen molar-refractivity contribution in [3.8, 4) is 0 Å². The maximum absolute atomic E-state index is 2.48. The van der Waals surface area contributed by atoms with E-state index in [0.29, 0.717) is 5.92 Å². The van der Waals surface area contributed by atoms with Crippen LogP contribution in [0.2, 0.25) is 0 Å². The van der Waals surface area contributed by atoms with Crippen LogP contribution in [0.1, 0.15) is 73.6 Å². The molecule has 0 aromatic heterocycles. The normalized spacial score (nSPS) is 14.0. The lowest BCUT2D eigenvalue weighted by Gasteiger charge is -2.34. The van der Waals surface area contributed by atoms with Crippen LogP contribution in [-0.4, -0.2) is 0 Å². The van der Waals surface area contributed by atoms with E-state index in [1.54, 1.807) is 0 Å². The van der Waals surface area contributed by atoms with Crippen LogP contribution in [0.4, 0.5) is 0 Å². The molecule has 0 N–H and O–H groups in total. The molecule has 0 fully saturated rings. The summed E-state index contributed by atoms with van der Waals surface area (Å²) in [6.07, 6.45) is 2.10. The van der Waals surface area contributed by atoms with Crippen molar-refractivity contribution in [1.29, 1.82) is 0 Å². The SMILES string of the molecule is Cc1cc(CC(C)(C)C(C)C)cc(C(C)(Cc2ccccc2)c2ccc(C)c(C)c2)c1. The van der Waals surface area contributed by atoms with Gasteiger partial charge < -0.3 is 0 Å². The molecule has 0 aliphatic rings. The first kappa shape index (κ1) is 23.3. The zero-order valence-corrected chi connectivity index (χ0v) is 20.8. The number of rotatable bonds is 7. The van der Waals surface area contributed by atoms with Crippen LogP contribution >= 0.6 is 0 Å². The largest absolute Gasteiger partial charge is 0.0623 e. The van der Waals surface area contributed by atoms with E-state index in [1.165, 1.54) is 38.9 Å². The van der Waals surface area contributed by atoms with Gasteiger partial charge in [-0.15, -0.1) is 0 Å². The van der Waals surface area contributed by atoms with Gasteiger partial charge in [-0.3, -0.25) is 0 Å². The van der Waals surface area contributed by atoms with Gasteiger partial charge in [0.05, 0.1) is 0 Å². The molecule has 0 saturated carbocycles. The minimum Gasteiger partial charge on any atom is -0.0623 e. The van der Waals surface area contributed by atoms with Gasteiger partial charge >= 0.3 is 0 Å². The average molecular weight is 413 g/mol. The fraction of sp³-hybridized carbons (Fsp3) is 0.419. The molecular formula is C31H40. The van der Waals surface area contributed by atoms with Gasteiger partial charge in [0.15, 0.2) is 0 Å². The zero-order valence-electron chi connectivity index (χ0n) is 20.8. The van der Waals surface area contributed by atoms with E-state index < -0.39 is 0 Å². The molecule has 0 spiro atoms. The average Bonchev–Trinajstić information content (AvgIpc) is 2.69. The third kappa shape index (κ3) is 5.29. The molecule has 3 aromatic rings. The standard InChI is InChI=1S/C31H40/c1-22(2)30(6,7)20-27-16-23(3)17-29(19-27)31(8,21-26-12-10-9-11-13-26)28-15-14-24(4)25(5)18-28/h9-19,22H,20-21H2,1-8H3. The van der Waals surface area contributed by atoms with E-state index in [2.05, 4.69) is 122 Å². The Hall–Kier alpha value is -2.34. The van der Waals surface area contributed by atoms with Crippen molar-refractivity contribution in [2.24, 2.45) is 11.3 Å². The Balaban J connectivity index is 2.14. The second-order valence-corrected chi connectivity index (χ2v) is 10.8. The van der Waals surface area contributed by atoms with Gasteiger partial charge in [0.2, 0.25) is 0 Å². The minimum atomic E-state index is -0.0808. The Morgan fingerprint density at radius 2 is 1.32 bits per heavy atom. The van der Waals surface area contributed by atoms with E-state index in [4.69, 9.17) is 0 Å². The van der Waals surface area contributed by atoms with Gasteiger partial charge in [0, 0.05) is 5.41 Å². The predicted molar refractivity (Wildman–Crippen MR) is 136 cm³/mol. The molecule has 0 amide bonds. The topological polar surface area (TPSA) is 0 Å². The summed E-state index contributed by atoms with van der Waals surface area (Å²) >= 11 is 0. The van der Waals surface area contributed by atoms with E-state index in [-0.39, 0.29) is 10.8 Å². The first-order valence-corrected chi connectivity index (χ1v) is 11.7. The van der Waals surface area contributed by atoms with Gasteiger partial charge in [-0.2, -0.15) is 0 Å². The Morgan fingerprint density at radius 1 is 0.645 bits per heavy atom. The van der Waals surface area contributed by atoms with Crippen molar-refractivity contribution in [2.45, 2.75) is 73.6 Å². The third-order valence-electron chi connectivity index (χ3n) is 7.54. The summed E-state index contributed by atoms with van der Waals surface area (Å²) in [6, 6.07) is 25.2. The number of hydrogen-bond acceptors (Lipinski definition) is 0. The second-order valence-electron chi connectivity index (χ2n) is 10.8. The summed E-state index contributed by atoms with van der Waals surface area (Å²) in [5.41, 5.74) is 9.94. The van der Waals surface area contributed by atoms with Crippen LogP contribution in [0.5, 0.6) is 0 Å². The van der Waals surface area contributed by atoms with Crippen molar-refractivity contribution in [1.82, 2.24) is 0 Å². The van der Waals surface area contributed by atoms with Gasteiger partial charge in [-0.05, 0) is 78.3 Å². The molecule has 0 heterocycles. The zero-order chi connectivity index (χ0) is 22.8. The Kier molecular flexibility index (Phi) is 6.79. The third-order valence-corrected chi connectivity index (χ3v) is 7.54. The lowest BCUT2D eigenvalue weighted by Crippen LogP contribution is -2.28. The quantitative estimate of drug-likeness (QED) is 0.365. The van der Waals surface area contributed by atoms with Gasteiger partial charge in [-0.1, -0.05) is 107 Å². The smallest absolute Gasteiger partial charge is 0.0215 e. The van der Waals surface area contributed by atoms with Crippen molar-refractivity contribution in [2.75, 3.05) is 0 Å². The fourth-order valence-corrected chi connectivity index (χ4v) is 4.47. The maximum atomic E-state index is 2.48. The summed E-state index contributed by atoms with van der Waals surface area (Å²) in [5.74, 6) is 0.645. The Morgan fingerprint density at radius 3 is 1.94 bits per heavy atom. The summed E-state index contributed by atoms with van der Waals surface area (Å²) in [4.78, 5) is 0. The lowest BCUT2D eigenvalue weighted by molar-refractivity contribution is 0.248. The van der Waals surface area contributed by atoms with Crippen LogP contribution in [-0.2, 0) is 18.3 Å². The summed E-state index contributed by atoms with van der Waals surface area (Å²) in [6.45, 7) is 18.6. The molecule has 0 aliphatic heterocycles. The molecule has 0 radical (unpaired) electrons. The molecule has 0 nitrogen and oxygen atoms in total. The van der Waals surface area contributed by atoms with Crippen LogP contribution in [0.25, 0.3) is 0 Å². The molecular weight excluding hydrogens is 372 g/mol. The van der Waals surface area contributed by atoms with Crippen molar-refractivity contribution < 1.29 is 0 Å². The molecule has 164 valence electrons. The van der Waals surface area contributed by atoms with Crippen LogP contribution in [0, 0.1) is 32.1 Å². The first-order valence-electron chi connectivity index (χ1n) is 11.7. The van der Waals surface area contributed by atoms with Crippen LogP contribution in [0.3, 0.4) is 0 Å². The lowest BCUT2D eigenvalue weighted by atomic mass is 9.70. The number of hydrogen-bond donors (Lipinski definition) is 0. The fourth-order valence-electron chi connectivity index (χ4n) is 4.47. The highest BCUT2D eigenvalue weighted by Gasteiger charge is 2.31. The number of aryl methyl sites for hydroxylation is 3. The van der Waals surface area contributed by atoms with Crippen molar-refractivity contribution >= 4 is 0 Å². The second kappa shape index (κ2) is 9.03. The first-order chi connectivity index (χ1) is 14.5. The van der Waals surface area contributed by atoms with Crippen LogP contribution in [0.15, 0.2) is 66.7 Å². The Bertz CT molecular complexity index is 1020. The molecule has 0 bridgehead atoms. The molecule has 3 aromatic carbocycles. The highest BCUT2D eigenvalue weighted by Crippen LogP contribution is 2.39. The van der Waals surface area contributed by atoms with Gasteiger partial charge in [0.1, 0.15) is 0 Å². The molecule has 0 saturated heterocycles. The van der Waals surface area contributed by atoms with Gasteiger partial charge in [0.25, 0.3) is 0 Å². The Labute approximate surface area is 190 Å². The maximum Gasteiger partial charge on any atom is 0.0215 e. The van der Waals surface area contributed by atoms with Crippen molar-refractivity contribution in [3.05, 3.63) is 106 Å².